The Hall–Kier alpha value is -2.91. The molecule has 1 aromatic carbocycles. The average Bonchev–Trinajstić information content (AvgIpc) is 3.60. The van der Waals surface area contributed by atoms with Gasteiger partial charge in [0.25, 0.3) is 0 Å². The van der Waals surface area contributed by atoms with Crippen molar-refractivity contribution in [2.45, 2.75) is 26.3 Å². The minimum Gasteiger partial charge on any atom is -0.378 e. The molecule has 5 rings (SSSR count). The summed E-state index contributed by atoms with van der Waals surface area (Å²) in [6.07, 6.45) is 5.33. The van der Waals surface area contributed by atoms with Crippen molar-refractivity contribution < 1.29 is 14.3 Å². The lowest BCUT2D eigenvalue weighted by Gasteiger charge is -2.29. The molecule has 2 amide bonds. The molecular formula is C25H34N6O3. The maximum atomic E-state index is 13.0. The predicted molar refractivity (Wildman–Crippen MR) is 130 cm³/mol. The molecule has 34 heavy (non-hydrogen) atoms. The van der Waals surface area contributed by atoms with E-state index in [0.29, 0.717) is 5.69 Å². The molecule has 0 radical (unpaired) electrons. The van der Waals surface area contributed by atoms with Gasteiger partial charge in [0, 0.05) is 64.3 Å². The van der Waals surface area contributed by atoms with Gasteiger partial charge in [0.15, 0.2) is 0 Å². The molecule has 0 bridgehead atoms. The normalized spacial score (nSPS) is 23.1. The van der Waals surface area contributed by atoms with Crippen LogP contribution < -0.4 is 9.80 Å². The third kappa shape index (κ3) is 4.67. The number of ether oxygens (including phenoxy) is 1. The third-order valence-corrected chi connectivity index (χ3v) is 7.57. The van der Waals surface area contributed by atoms with Crippen LogP contribution in [0.4, 0.5) is 16.2 Å². The van der Waals surface area contributed by atoms with Crippen LogP contribution in [0.5, 0.6) is 0 Å². The van der Waals surface area contributed by atoms with Crippen LogP contribution in [0, 0.1) is 5.41 Å². The van der Waals surface area contributed by atoms with Gasteiger partial charge in [0.1, 0.15) is 0 Å². The summed E-state index contributed by atoms with van der Waals surface area (Å²) in [5.74, 6) is -0.0890. The number of anilines is 2. The van der Waals surface area contributed by atoms with Crippen molar-refractivity contribution in [3.63, 3.8) is 0 Å². The van der Waals surface area contributed by atoms with Crippen LogP contribution in [0.25, 0.3) is 0 Å². The van der Waals surface area contributed by atoms with Crippen LogP contribution in [0.3, 0.4) is 0 Å². The predicted octanol–water partition coefficient (Wildman–Crippen LogP) is 2.27. The van der Waals surface area contributed by atoms with Crippen molar-refractivity contribution in [3.8, 4) is 0 Å². The van der Waals surface area contributed by atoms with Crippen LogP contribution in [-0.2, 0) is 16.1 Å². The molecule has 1 unspecified atom stereocenters. The molecular weight excluding hydrogens is 432 g/mol. The highest BCUT2D eigenvalue weighted by molar-refractivity contribution is 5.91. The van der Waals surface area contributed by atoms with Gasteiger partial charge < -0.3 is 19.4 Å². The molecule has 3 saturated heterocycles. The monoisotopic (exact) mass is 466 g/mol. The minimum absolute atomic E-state index is 0.0890. The highest BCUT2D eigenvalue weighted by Gasteiger charge is 2.45. The molecule has 182 valence electrons. The Labute approximate surface area is 200 Å². The van der Waals surface area contributed by atoms with E-state index in [4.69, 9.17) is 4.74 Å². The molecule has 9 nitrogen and oxygen atoms in total. The van der Waals surface area contributed by atoms with Crippen LogP contribution in [-0.4, -0.2) is 91.0 Å². The first-order valence-corrected chi connectivity index (χ1v) is 12.1. The van der Waals surface area contributed by atoms with Crippen molar-refractivity contribution in [1.82, 2.24) is 19.6 Å². The van der Waals surface area contributed by atoms with Crippen LogP contribution in [0.15, 0.2) is 36.7 Å². The van der Waals surface area contributed by atoms with Gasteiger partial charge in [0.2, 0.25) is 5.91 Å². The lowest BCUT2D eigenvalue weighted by atomic mass is 9.86. The molecule has 4 heterocycles. The van der Waals surface area contributed by atoms with Crippen LogP contribution >= 0.6 is 0 Å². The number of carbonyl (C=O) groups is 2. The van der Waals surface area contributed by atoms with Crippen molar-refractivity contribution in [2.24, 2.45) is 5.41 Å². The van der Waals surface area contributed by atoms with E-state index >= 15 is 0 Å². The molecule has 1 aromatic heterocycles. The zero-order valence-electron chi connectivity index (χ0n) is 20.2. The summed E-state index contributed by atoms with van der Waals surface area (Å²) in [6.45, 7) is 9.53. The smallest absolute Gasteiger partial charge is 0.344 e. The standard InChI is InChI=1S/C25H34N6O3/c1-20(32)27(2)23-15-26-31(17-23)24(33)30-10-8-25(19-30)7-9-28(18-25)16-21-3-5-22(6-4-21)29-11-13-34-14-12-29/h3-6,15,17H,7-14,16,18-19H2,1-2H3. The molecule has 1 spiro atoms. The summed E-state index contributed by atoms with van der Waals surface area (Å²) in [5, 5.41) is 4.20. The molecule has 0 aliphatic carbocycles. The molecule has 3 fully saturated rings. The highest BCUT2D eigenvalue weighted by atomic mass is 16.5. The number of aromatic nitrogens is 2. The zero-order chi connectivity index (χ0) is 23.7. The minimum atomic E-state index is -0.114. The number of nitrogens with zero attached hydrogens (tertiary/aromatic N) is 6. The second-order valence-corrected chi connectivity index (χ2v) is 9.90. The third-order valence-electron chi connectivity index (χ3n) is 7.57. The summed E-state index contributed by atoms with van der Waals surface area (Å²) in [4.78, 5) is 32.9. The Balaban J connectivity index is 1.16. The van der Waals surface area contributed by atoms with Gasteiger partial charge in [-0.2, -0.15) is 9.78 Å². The maximum Gasteiger partial charge on any atom is 0.344 e. The second-order valence-electron chi connectivity index (χ2n) is 9.90. The molecule has 3 aliphatic rings. The van der Waals surface area contributed by atoms with Gasteiger partial charge in [-0.3, -0.25) is 9.69 Å². The van der Waals surface area contributed by atoms with E-state index in [2.05, 4.69) is 39.2 Å². The van der Waals surface area contributed by atoms with Crippen LogP contribution in [0.1, 0.15) is 25.3 Å². The lowest BCUT2D eigenvalue weighted by molar-refractivity contribution is -0.116. The zero-order valence-corrected chi connectivity index (χ0v) is 20.2. The molecule has 0 N–H and O–H groups in total. The molecule has 0 saturated carbocycles. The summed E-state index contributed by atoms with van der Waals surface area (Å²) in [6, 6.07) is 8.83. The van der Waals surface area contributed by atoms with Crippen LogP contribution in [0.2, 0.25) is 0 Å². The van der Waals surface area contributed by atoms with Crippen molar-refractivity contribution in [2.75, 3.05) is 69.3 Å². The first-order chi connectivity index (χ1) is 16.4. The van der Waals surface area contributed by atoms with E-state index in [1.165, 1.54) is 27.8 Å². The largest absolute Gasteiger partial charge is 0.378 e. The topological polar surface area (TPSA) is 74.2 Å². The molecule has 3 aliphatic heterocycles. The average molecular weight is 467 g/mol. The fourth-order valence-electron chi connectivity index (χ4n) is 5.40. The van der Waals surface area contributed by atoms with Crippen molar-refractivity contribution in [3.05, 3.63) is 42.2 Å². The number of amides is 2. The maximum absolute atomic E-state index is 13.0. The van der Waals surface area contributed by atoms with Gasteiger partial charge in [0.05, 0.1) is 31.3 Å². The molecule has 2 aromatic rings. The summed E-state index contributed by atoms with van der Waals surface area (Å²) in [5.41, 5.74) is 3.39. The molecule has 1 atom stereocenters. The number of hydrogen-bond donors (Lipinski definition) is 0. The quantitative estimate of drug-likeness (QED) is 0.688. The second kappa shape index (κ2) is 9.38. The van der Waals surface area contributed by atoms with E-state index in [1.54, 1.807) is 19.4 Å². The first-order valence-electron chi connectivity index (χ1n) is 12.1. The summed E-state index contributed by atoms with van der Waals surface area (Å²) in [7, 11) is 1.68. The van der Waals surface area contributed by atoms with E-state index in [9.17, 15) is 9.59 Å². The van der Waals surface area contributed by atoms with Gasteiger partial charge in [-0.05, 0) is 37.1 Å². The number of carbonyl (C=O) groups excluding carboxylic acids is 2. The van der Waals surface area contributed by atoms with Crippen molar-refractivity contribution in [1.29, 1.82) is 0 Å². The Kier molecular flexibility index (Phi) is 6.31. The lowest BCUT2D eigenvalue weighted by Crippen LogP contribution is -2.36. The van der Waals surface area contributed by atoms with E-state index in [-0.39, 0.29) is 17.4 Å². The Morgan fingerprint density at radius 3 is 2.53 bits per heavy atom. The van der Waals surface area contributed by atoms with E-state index in [0.717, 1.165) is 71.9 Å². The number of benzene rings is 1. The highest BCUT2D eigenvalue weighted by Crippen LogP contribution is 2.40. The Morgan fingerprint density at radius 1 is 1.06 bits per heavy atom. The van der Waals surface area contributed by atoms with E-state index < -0.39 is 0 Å². The number of rotatable bonds is 4. The number of morpholine rings is 1. The van der Waals surface area contributed by atoms with Gasteiger partial charge in [-0.15, -0.1) is 0 Å². The summed E-state index contributed by atoms with van der Waals surface area (Å²) < 4.78 is 6.81. The molecule has 9 heteroatoms. The Morgan fingerprint density at radius 2 is 1.79 bits per heavy atom. The first kappa shape index (κ1) is 22.9. The van der Waals surface area contributed by atoms with Gasteiger partial charge >= 0.3 is 6.03 Å². The van der Waals surface area contributed by atoms with Gasteiger partial charge in [-0.1, -0.05) is 12.1 Å². The summed E-state index contributed by atoms with van der Waals surface area (Å²) >= 11 is 0. The fraction of sp³-hybridized carbons (Fsp3) is 0.560. The Bertz CT molecular complexity index is 1030. The van der Waals surface area contributed by atoms with Crippen molar-refractivity contribution >= 4 is 23.3 Å². The SMILES string of the molecule is CC(=O)N(C)c1cnn(C(=O)N2CCC3(CCN(Cc4ccc(N5CCOCC5)cc4)C3)C2)c1. The fourth-order valence-corrected chi connectivity index (χ4v) is 5.40. The van der Waals surface area contributed by atoms with Gasteiger partial charge in [-0.25, -0.2) is 4.79 Å². The number of hydrogen-bond acceptors (Lipinski definition) is 6. The number of likely N-dealkylation sites (tertiary alicyclic amines) is 2. The van der Waals surface area contributed by atoms with E-state index in [1.807, 2.05) is 4.90 Å².